The van der Waals surface area contributed by atoms with Crippen LogP contribution in [0.2, 0.25) is 0 Å². The summed E-state index contributed by atoms with van der Waals surface area (Å²) < 4.78 is 0. The number of carbonyl (C=O) groups is 2. The second-order valence-corrected chi connectivity index (χ2v) is 3.67. The maximum atomic E-state index is 10.2. The number of carbonyl (C=O) groups excluding carboxylic acids is 2. The summed E-state index contributed by atoms with van der Waals surface area (Å²) in [5.74, 6) is -2.60. The molecule has 21 heavy (non-hydrogen) atoms. The summed E-state index contributed by atoms with van der Waals surface area (Å²) in [4.78, 5) is 20.4. The Hall–Kier alpha value is -2.53. The smallest absolute Gasteiger partial charge is 0.698 e. The summed E-state index contributed by atoms with van der Waals surface area (Å²) in [7, 11) is 0. The fourth-order valence-electron chi connectivity index (χ4n) is 1.32. The third-order valence-corrected chi connectivity index (χ3v) is 2.29. The Morgan fingerprint density at radius 3 is 1.19 bits per heavy atom. The Morgan fingerprint density at radius 2 is 1.00 bits per heavy atom. The van der Waals surface area contributed by atoms with Crippen LogP contribution in [0.3, 0.4) is 0 Å². The summed E-state index contributed by atoms with van der Waals surface area (Å²) in [6.07, 6.45) is 0. The van der Waals surface area contributed by atoms with Gasteiger partial charge in [0, 0.05) is 0 Å². The standard InChI is InChI=1S/2C7H6NO2.Ni/c2*8-6-4-2-1-3-5(6)7(9)10;/h2*1-4,8H,(H,9,10);/q2*-1;+2/p-2. The molecule has 112 valence electrons. The van der Waals surface area contributed by atoms with Crippen LogP contribution in [0.5, 0.6) is 0 Å². The Morgan fingerprint density at radius 1 is 0.714 bits per heavy atom. The van der Waals surface area contributed by atoms with E-state index in [0.717, 1.165) is 0 Å². The first-order valence-corrected chi connectivity index (χ1v) is 5.47. The molecule has 0 saturated heterocycles. The normalized spacial score (nSPS) is 8.76. The molecule has 7 heteroatoms. The number of rotatable bonds is 2. The molecule has 0 atom stereocenters. The molecule has 0 amide bonds. The molecule has 0 unspecified atom stereocenters. The van der Waals surface area contributed by atoms with Gasteiger partial charge in [0.1, 0.15) is 0 Å². The third-order valence-electron chi connectivity index (χ3n) is 2.29. The molecular weight excluding hydrogens is 319 g/mol. The van der Waals surface area contributed by atoms with Crippen molar-refractivity contribution < 1.29 is 36.3 Å². The molecule has 0 bridgehead atoms. The second-order valence-electron chi connectivity index (χ2n) is 3.67. The van der Waals surface area contributed by atoms with E-state index in [2.05, 4.69) is 0 Å². The fourth-order valence-corrected chi connectivity index (χ4v) is 1.32. The van der Waals surface area contributed by atoms with Crippen molar-refractivity contribution in [1.82, 2.24) is 0 Å². The van der Waals surface area contributed by atoms with Crippen LogP contribution in [-0.2, 0) is 16.5 Å². The van der Waals surface area contributed by atoms with E-state index >= 15 is 0 Å². The van der Waals surface area contributed by atoms with Crippen LogP contribution in [0.4, 0.5) is 11.4 Å². The average Bonchev–Trinajstić information content (AvgIpc) is 2.40. The van der Waals surface area contributed by atoms with E-state index in [1.165, 1.54) is 24.3 Å². The quantitative estimate of drug-likeness (QED) is 0.773. The van der Waals surface area contributed by atoms with Crippen LogP contribution >= 0.6 is 0 Å². The molecule has 0 spiro atoms. The van der Waals surface area contributed by atoms with Gasteiger partial charge in [-0.2, -0.15) is 0 Å². The Labute approximate surface area is 131 Å². The molecule has 0 aliphatic heterocycles. The molecule has 0 heterocycles. The number of benzene rings is 2. The molecule has 0 fully saturated rings. The van der Waals surface area contributed by atoms with Crippen molar-refractivity contribution in [3.8, 4) is 0 Å². The largest absolute Gasteiger partial charge is 2.00 e. The molecule has 0 aliphatic rings. The minimum absolute atomic E-state index is 0. The van der Waals surface area contributed by atoms with Gasteiger partial charge in [0.2, 0.25) is 0 Å². The molecule has 6 nitrogen and oxygen atoms in total. The van der Waals surface area contributed by atoms with Gasteiger partial charge in [-0.1, -0.05) is 48.5 Å². The second kappa shape index (κ2) is 8.61. The summed E-state index contributed by atoms with van der Waals surface area (Å²) in [5, 5.41) is 20.4. The maximum Gasteiger partial charge on any atom is 2.00 e. The monoisotopic (exact) mass is 328 g/mol. The van der Waals surface area contributed by atoms with Gasteiger partial charge >= 0.3 is 16.5 Å². The molecule has 0 saturated carbocycles. The number of nitrogens with one attached hydrogen (secondary N) is 2. The Kier molecular flexibility index (Phi) is 7.57. The molecule has 0 aliphatic carbocycles. The van der Waals surface area contributed by atoms with Gasteiger partial charge in [-0.15, -0.1) is 11.4 Å². The number of carboxylic acids is 2. The van der Waals surface area contributed by atoms with Crippen molar-refractivity contribution in [2.24, 2.45) is 0 Å². The van der Waals surface area contributed by atoms with E-state index in [1.54, 1.807) is 24.3 Å². The van der Waals surface area contributed by atoms with Crippen LogP contribution in [0, 0.1) is 0 Å². The summed E-state index contributed by atoms with van der Waals surface area (Å²) in [6.45, 7) is 0. The first-order valence-electron chi connectivity index (χ1n) is 5.47. The fraction of sp³-hybridized carbons (Fsp3) is 0. The molecule has 0 radical (unpaired) electrons. The van der Waals surface area contributed by atoms with E-state index in [-0.39, 0.29) is 39.0 Å². The van der Waals surface area contributed by atoms with E-state index in [0.29, 0.717) is 0 Å². The van der Waals surface area contributed by atoms with Gasteiger partial charge in [0.05, 0.1) is 11.9 Å². The molecule has 2 N–H and O–H groups in total. The topological polar surface area (TPSA) is 128 Å². The van der Waals surface area contributed by atoms with Gasteiger partial charge < -0.3 is 31.3 Å². The van der Waals surface area contributed by atoms with Crippen LogP contribution < -0.4 is 10.2 Å². The van der Waals surface area contributed by atoms with Crippen molar-refractivity contribution >= 4 is 23.3 Å². The van der Waals surface area contributed by atoms with Crippen molar-refractivity contribution in [3.05, 3.63) is 71.1 Å². The summed E-state index contributed by atoms with van der Waals surface area (Å²) in [5.41, 5.74) is 14.0. The molecule has 2 aromatic carbocycles. The maximum absolute atomic E-state index is 10.2. The molecule has 0 aromatic heterocycles. The Bertz CT molecular complexity index is 576. The zero-order valence-corrected chi connectivity index (χ0v) is 11.6. The number of hydrogen-bond acceptors (Lipinski definition) is 4. The van der Waals surface area contributed by atoms with E-state index in [1.807, 2.05) is 0 Å². The van der Waals surface area contributed by atoms with Crippen molar-refractivity contribution in [1.29, 1.82) is 0 Å². The van der Waals surface area contributed by atoms with Crippen LogP contribution in [-0.4, -0.2) is 11.9 Å². The number of hydrogen-bond donors (Lipinski definition) is 0. The summed E-state index contributed by atoms with van der Waals surface area (Å²) >= 11 is 0. The van der Waals surface area contributed by atoms with Crippen molar-refractivity contribution in [2.45, 2.75) is 0 Å². The van der Waals surface area contributed by atoms with Gasteiger partial charge in [-0.05, 0) is 11.1 Å². The number of carboxylic acid groups (broad SMARTS) is 2. The third kappa shape index (κ3) is 5.54. The first-order chi connectivity index (χ1) is 9.43. The Balaban J connectivity index is 0.000000364. The van der Waals surface area contributed by atoms with E-state index < -0.39 is 11.9 Å². The zero-order chi connectivity index (χ0) is 15.1. The van der Waals surface area contributed by atoms with E-state index in [4.69, 9.17) is 11.5 Å². The molecule has 2 rings (SSSR count). The predicted octanol–water partition coefficient (Wildman–Crippen LogP) is 1.47. The van der Waals surface area contributed by atoms with Crippen LogP contribution in [0.25, 0.3) is 11.5 Å². The minimum Gasteiger partial charge on any atom is -0.698 e. The SMILES string of the molecule is [NH-]c1ccccc1C(=O)[O-].[NH-]c1ccccc1C(=O)[O-].[Ni+2]. The predicted molar refractivity (Wildman–Crippen MR) is 69.5 cm³/mol. The van der Waals surface area contributed by atoms with Gasteiger partial charge in [0.15, 0.2) is 0 Å². The molecular formula is C14H10N2NiO4-2. The first kappa shape index (κ1) is 18.5. The zero-order valence-electron chi connectivity index (χ0n) is 10.6. The van der Waals surface area contributed by atoms with Crippen LogP contribution in [0.1, 0.15) is 20.7 Å². The van der Waals surface area contributed by atoms with Crippen molar-refractivity contribution in [2.75, 3.05) is 0 Å². The van der Waals surface area contributed by atoms with Gasteiger partial charge in [0.25, 0.3) is 0 Å². The average molecular weight is 329 g/mol. The molecule has 2 aromatic rings. The van der Waals surface area contributed by atoms with Gasteiger partial charge in [-0.25, -0.2) is 0 Å². The number of aromatic carboxylic acids is 2. The van der Waals surface area contributed by atoms with Crippen LogP contribution in [0.15, 0.2) is 48.5 Å². The van der Waals surface area contributed by atoms with Crippen molar-refractivity contribution in [3.63, 3.8) is 0 Å². The minimum atomic E-state index is -1.30. The summed E-state index contributed by atoms with van der Waals surface area (Å²) in [6, 6.07) is 11.8. The van der Waals surface area contributed by atoms with Gasteiger partial charge in [-0.3, -0.25) is 0 Å². The van der Waals surface area contributed by atoms with E-state index in [9.17, 15) is 19.8 Å².